The highest BCUT2D eigenvalue weighted by atomic mass is 16.5. The van der Waals surface area contributed by atoms with Gasteiger partial charge in [0.25, 0.3) is 5.91 Å². The highest BCUT2D eigenvalue weighted by molar-refractivity contribution is 6.17. The lowest BCUT2D eigenvalue weighted by Gasteiger charge is -2.32. The number of pyridine rings is 1. The van der Waals surface area contributed by atoms with Crippen LogP contribution in [0, 0.1) is 6.92 Å². The zero-order valence-electron chi connectivity index (χ0n) is 24.3. The number of nitrogens with zero attached hydrogens (tertiary/aromatic N) is 5. The molecule has 1 fully saturated rings. The topological polar surface area (TPSA) is 65.9 Å². The number of fused-ring (bicyclic) bond motifs is 4. The third-order valence-electron chi connectivity index (χ3n) is 7.96. The molecule has 39 heavy (non-hydrogen) atoms. The summed E-state index contributed by atoms with van der Waals surface area (Å²) in [5.41, 5.74) is 3.91. The van der Waals surface area contributed by atoms with E-state index in [0.29, 0.717) is 12.3 Å². The molecule has 0 radical (unpaired) electrons. The molecular formula is C31H42N6O2. The first kappa shape index (κ1) is 27.4. The maximum atomic E-state index is 13.2. The van der Waals surface area contributed by atoms with Crippen LogP contribution in [0.1, 0.15) is 29.4 Å². The molecule has 2 aromatic heterocycles. The number of piperazine rings is 1. The Labute approximate surface area is 231 Å². The number of carbonyl (C=O) groups excluding carboxylic acids is 1. The van der Waals surface area contributed by atoms with Crippen molar-refractivity contribution in [2.75, 3.05) is 67.0 Å². The van der Waals surface area contributed by atoms with Gasteiger partial charge in [-0.2, -0.15) is 0 Å². The number of rotatable bonds is 9. The number of hydrogen-bond donors (Lipinski definition) is 1. The number of ether oxygens (including phenoxy) is 1. The molecule has 2 aromatic carbocycles. The molecule has 0 bridgehead atoms. The summed E-state index contributed by atoms with van der Waals surface area (Å²) in [6, 6.07) is 10.5. The fraction of sp³-hybridized carbons (Fsp3) is 0.484. The number of amides is 1. The van der Waals surface area contributed by atoms with Gasteiger partial charge in [0.15, 0.2) is 0 Å². The van der Waals surface area contributed by atoms with Gasteiger partial charge in [0.1, 0.15) is 11.4 Å². The van der Waals surface area contributed by atoms with Crippen LogP contribution in [-0.2, 0) is 7.05 Å². The molecule has 8 heteroatoms. The van der Waals surface area contributed by atoms with Gasteiger partial charge in [-0.05, 0) is 76.6 Å². The van der Waals surface area contributed by atoms with Gasteiger partial charge < -0.3 is 29.3 Å². The molecule has 1 aliphatic rings. The van der Waals surface area contributed by atoms with E-state index in [4.69, 9.17) is 4.74 Å². The predicted molar refractivity (Wildman–Crippen MR) is 160 cm³/mol. The second kappa shape index (κ2) is 11.5. The monoisotopic (exact) mass is 530 g/mol. The van der Waals surface area contributed by atoms with Crippen LogP contribution in [0.15, 0.2) is 36.5 Å². The fourth-order valence-corrected chi connectivity index (χ4v) is 5.97. The van der Waals surface area contributed by atoms with E-state index in [0.717, 1.165) is 84.1 Å². The summed E-state index contributed by atoms with van der Waals surface area (Å²) in [7, 11) is 8.31. The minimum absolute atomic E-state index is 0.0203. The summed E-state index contributed by atoms with van der Waals surface area (Å²) in [5, 5.41) is 7.33. The second-order valence-electron chi connectivity index (χ2n) is 11.4. The van der Waals surface area contributed by atoms with Crippen molar-refractivity contribution < 1.29 is 9.53 Å². The van der Waals surface area contributed by atoms with Crippen LogP contribution >= 0.6 is 0 Å². The van der Waals surface area contributed by atoms with Crippen LogP contribution in [0.5, 0.6) is 5.75 Å². The molecule has 0 saturated carbocycles. The average Bonchev–Trinajstić information content (AvgIpc) is 3.18. The smallest absolute Gasteiger partial charge is 0.270 e. The Morgan fingerprint density at radius 1 is 1.05 bits per heavy atom. The van der Waals surface area contributed by atoms with Gasteiger partial charge >= 0.3 is 0 Å². The molecule has 5 rings (SSSR count). The van der Waals surface area contributed by atoms with Crippen LogP contribution in [0.25, 0.3) is 32.6 Å². The zero-order chi connectivity index (χ0) is 27.7. The summed E-state index contributed by atoms with van der Waals surface area (Å²) in [5.74, 6) is 0.756. The van der Waals surface area contributed by atoms with Crippen molar-refractivity contribution in [1.82, 2.24) is 29.6 Å². The van der Waals surface area contributed by atoms with Crippen molar-refractivity contribution in [1.29, 1.82) is 0 Å². The summed E-state index contributed by atoms with van der Waals surface area (Å²) in [6.07, 6.45) is 2.76. The standard InChI is InChI=1S/C31H42N6O2/c1-21(20-34(3)4)33-31(38)29-26-19-27-25-9-8-23(39-17-7-12-37-15-13-35(5)14-16-37)18-28(25)36(6)30(27)22(2)24(26)10-11-32-29/h8-11,18-19,21H,7,12-17,20H2,1-6H3,(H,33,38). The van der Waals surface area contributed by atoms with Gasteiger partial charge in [-0.15, -0.1) is 0 Å². The molecule has 1 saturated heterocycles. The number of hydrogen-bond acceptors (Lipinski definition) is 6. The van der Waals surface area contributed by atoms with E-state index in [-0.39, 0.29) is 11.9 Å². The molecule has 0 aliphatic carbocycles. The summed E-state index contributed by atoms with van der Waals surface area (Å²) >= 11 is 0. The Balaban J connectivity index is 1.40. The van der Waals surface area contributed by atoms with Crippen molar-refractivity contribution in [2.24, 2.45) is 7.05 Å². The molecule has 0 spiro atoms. The number of aryl methyl sites for hydroxylation is 2. The quantitative estimate of drug-likeness (QED) is 0.331. The van der Waals surface area contributed by atoms with Crippen molar-refractivity contribution in [2.45, 2.75) is 26.3 Å². The van der Waals surface area contributed by atoms with Gasteiger partial charge in [0.2, 0.25) is 0 Å². The van der Waals surface area contributed by atoms with Gasteiger partial charge in [-0.1, -0.05) is 0 Å². The minimum atomic E-state index is -0.138. The minimum Gasteiger partial charge on any atom is -0.493 e. The molecule has 1 atom stereocenters. The molecule has 1 amide bonds. The Morgan fingerprint density at radius 2 is 1.82 bits per heavy atom. The Hall–Kier alpha value is -3.20. The number of nitrogens with one attached hydrogen (secondary N) is 1. The summed E-state index contributed by atoms with van der Waals surface area (Å²) < 4.78 is 8.43. The van der Waals surface area contributed by atoms with E-state index in [1.54, 1.807) is 6.20 Å². The van der Waals surface area contributed by atoms with E-state index >= 15 is 0 Å². The van der Waals surface area contributed by atoms with Crippen molar-refractivity contribution in [3.05, 3.63) is 47.8 Å². The van der Waals surface area contributed by atoms with Gasteiger partial charge in [-0.3, -0.25) is 9.78 Å². The van der Waals surface area contributed by atoms with Crippen molar-refractivity contribution >= 4 is 38.5 Å². The lowest BCUT2D eigenvalue weighted by atomic mass is 10.00. The maximum Gasteiger partial charge on any atom is 0.270 e. The number of likely N-dealkylation sites (N-methyl/N-ethyl adjacent to an activating group) is 2. The van der Waals surface area contributed by atoms with Crippen LogP contribution in [-0.4, -0.2) is 103 Å². The second-order valence-corrected chi connectivity index (χ2v) is 11.4. The predicted octanol–water partition coefficient (Wildman–Crippen LogP) is 3.88. The van der Waals surface area contributed by atoms with Crippen LogP contribution in [0.3, 0.4) is 0 Å². The molecule has 208 valence electrons. The highest BCUT2D eigenvalue weighted by Gasteiger charge is 2.20. The van der Waals surface area contributed by atoms with E-state index in [1.165, 1.54) is 5.52 Å². The highest BCUT2D eigenvalue weighted by Crippen LogP contribution is 2.37. The average molecular weight is 531 g/mol. The third-order valence-corrected chi connectivity index (χ3v) is 7.96. The first-order chi connectivity index (χ1) is 18.7. The van der Waals surface area contributed by atoms with Gasteiger partial charge in [-0.25, -0.2) is 0 Å². The molecule has 4 aromatic rings. The molecule has 1 N–H and O–H groups in total. The maximum absolute atomic E-state index is 13.2. The van der Waals surface area contributed by atoms with Crippen LogP contribution in [0.4, 0.5) is 0 Å². The van der Waals surface area contributed by atoms with Crippen LogP contribution in [0.2, 0.25) is 0 Å². The normalized spacial score (nSPS) is 16.0. The molecule has 1 aliphatic heterocycles. The lowest BCUT2D eigenvalue weighted by Crippen LogP contribution is -2.44. The third kappa shape index (κ3) is 5.73. The van der Waals surface area contributed by atoms with E-state index in [2.05, 4.69) is 74.9 Å². The zero-order valence-corrected chi connectivity index (χ0v) is 24.3. The molecule has 1 unspecified atom stereocenters. The lowest BCUT2D eigenvalue weighted by molar-refractivity contribution is 0.0931. The SMILES string of the molecule is Cc1c2ccnc(C(=O)NC(C)CN(C)C)c2cc2c3ccc(OCCCN4CCN(C)CC4)cc3n(C)c12. The number of carbonyl (C=O) groups is 1. The molecular weight excluding hydrogens is 488 g/mol. The van der Waals surface area contributed by atoms with Gasteiger partial charge in [0, 0.05) is 80.8 Å². The molecule has 8 nitrogen and oxygen atoms in total. The summed E-state index contributed by atoms with van der Waals surface area (Å²) in [6.45, 7) is 11.3. The van der Waals surface area contributed by atoms with Crippen LogP contribution < -0.4 is 10.1 Å². The Morgan fingerprint density at radius 3 is 2.56 bits per heavy atom. The number of aromatic nitrogens is 2. The largest absolute Gasteiger partial charge is 0.493 e. The number of benzene rings is 2. The van der Waals surface area contributed by atoms with Crippen molar-refractivity contribution in [3.8, 4) is 5.75 Å². The molecule has 3 heterocycles. The van der Waals surface area contributed by atoms with Gasteiger partial charge in [0.05, 0.1) is 17.6 Å². The van der Waals surface area contributed by atoms with E-state index in [1.807, 2.05) is 27.1 Å². The summed E-state index contributed by atoms with van der Waals surface area (Å²) in [4.78, 5) is 24.7. The fourth-order valence-electron chi connectivity index (χ4n) is 5.97. The first-order valence-corrected chi connectivity index (χ1v) is 14.0. The Bertz CT molecular complexity index is 1490. The first-order valence-electron chi connectivity index (χ1n) is 14.0. The van der Waals surface area contributed by atoms with Crippen molar-refractivity contribution in [3.63, 3.8) is 0 Å². The Kier molecular flexibility index (Phi) is 8.07. The van der Waals surface area contributed by atoms with E-state index in [9.17, 15) is 4.79 Å². The van der Waals surface area contributed by atoms with E-state index < -0.39 is 0 Å².